The summed E-state index contributed by atoms with van der Waals surface area (Å²) >= 11 is 13.4. The van der Waals surface area contributed by atoms with Gasteiger partial charge in [-0.1, -0.05) is 23.2 Å². The van der Waals surface area contributed by atoms with E-state index < -0.39 is 0 Å². The van der Waals surface area contributed by atoms with Gasteiger partial charge in [0.2, 0.25) is 5.91 Å². The lowest BCUT2D eigenvalue weighted by Crippen LogP contribution is -2.23. The third-order valence-electron chi connectivity index (χ3n) is 3.21. The zero-order valence-corrected chi connectivity index (χ0v) is 15.4. The van der Waals surface area contributed by atoms with E-state index in [0.29, 0.717) is 21.3 Å². The highest BCUT2D eigenvalue weighted by molar-refractivity contribution is 8.00. The smallest absolute Gasteiger partial charge is 0.251 e. The number of rotatable bonds is 5. The molecule has 0 fully saturated rings. The van der Waals surface area contributed by atoms with Crippen molar-refractivity contribution >= 4 is 52.5 Å². The van der Waals surface area contributed by atoms with Crippen LogP contribution in [0.2, 0.25) is 10.0 Å². The second-order valence-corrected chi connectivity index (χ2v) is 7.23. The number of benzene rings is 2. The average molecular weight is 383 g/mol. The summed E-state index contributed by atoms with van der Waals surface area (Å²) in [7, 11) is 1.54. The number of carbonyl (C=O) groups excluding carboxylic acids is 2. The number of anilines is 1. The van der Waals surface area contributed by atoms with Crippen molar-refractivity contribution in [3.05, 3.63) is 58.1 Å². The van der Waals surface area contributed by atoms with Crippen LogP contribution in [0.4, 0.5) is 5.69 Å². The highest BCUT2D eigenvalue weighted by Gasteiger charge is 2.17. The van der Waals surface area contributed by atoms with Gasteiger partial charge in [0, 0.05) is 22.5 Å². The predicted molar refractivity (Wildman–Crippen MR) is 100 cm³/mol. The second kappa shape index (κ2) is 8.42. The van der Waals surface area contributed by atoms with Crippen molar-refractivity contribution in [3.8, 4) is 0 Å². The fraction of sp³-hybridized carbons (Fsp3) is 0.176. The Morgan fingerprint density at radius 3 is 2.38 bits per heavy atom. The van der Waals surface area contributed by atoms with Crippen molar-refractivity contribution in [2.75, 3.05) is 12.4 Å². The molecule has 24 heavy (non-hydrogen) atoms. The van der Waals surface area contributed by atoms with Crippen molar-refractivity contribution in [3.63, 3.8) is 0 Å². The second-order valence-electron chi connectivity index (χ2n) is 4.98. The van der Waals surface area contributed by atoms with Gasteiger partial charge in [0.1, 0.15) is 0 Å². The molecule has 0 aromatic heterocycles. The lowest BCUT2D eigenvalue weighted by atomic mass is 10.2. The maximum atomic E-state index is 12.4. The lowest BCUT2D eigenvalue weighted by molar-refractivity contribution is -0.115. The number of hydrogen-bond donors (Lipinski definition) is 2. The highest BCUT2D eigenvalue weighted by atomic mass is 35.5. The van der Waals surface area contributed by atoms with Crippen molar-refractivity contribution in [2.24, 2.45) is 0 Å². The van der Waals surface area contributed by atoms with Gasteiger partial charge in [0.25, 0.3) is 5.91 Å². The number of amides is 2. The Labute approximate surface area is 154 Å². The van der Waals surface area contributed by atoms with Gasteiger partial charge in [0.05, 0.1) is 16.0 Å². The molecule has 2 aromatic carbocycles. The van der Waals surface area contributed by atoms with Crippen molar-refractivity contribution in [1.82, 2.24) is 5.32 Å². The van der Waals surface area contributed by atoms with E-state index in [4.69, 9.17) is 23.2 Å². The minimum atomic E-state index is -0.342. The van der Waals surface area contributed by atoms with Gasteiger partial charge in [-0.05, 0) is 49.4 Å². The van der Waals surface area contributed by atoms with Gasteiger partial charge in [-0.2, -0.15) is 0 Å². The van der Waals surface area contributed by atoms with Crippen LogP contribution in [0.5, 0.6) is 0 Å². The Morgan fingerprint density at radius 2 is 1.75 bits per heavy atom. The fourth-order valence-electron chi connectivity index (χ4n) is 1.91. The Kier molecular flexibility index (Phi) is 6.54. The van der Waals surface area contributed by atoms with Crippen LogP contribution < -0.4 is 10.6 Å². The van der Waals surface area contributed by atoms with Gasteiger partial charge in [0.15, 0.2) is 0 Å². The number of halogens is 2. The van der Waals surface area contributed by atoms with E-state index in [1.165, 1.54) is 11.8 Å². The Balaban J connectivity index is 2.08. The van der Waals surface area contributed by atoms with Crippen molar-refractivity contribution in [2.45, 2.75) is 17.1 Å². The number of nitrogens with one attached hydrogen (secondary N) is 2. The van der Waals surface area contributed by atoms with E-state index in [9.17, 15) is 9.59 Å². The Morgan fingerprint density at radius 1 is 1.08 bits per heavy atom. The molecular formula is C17H16Cl2N2O2S. The molecule has 2 amide bonds. The molecule has 0 spiro atoms. The van der Waals surface area contributed by atoms with Gasteiger partial charge in [-0.3, -0.25) is 9.59 Å². The maximum Gasteiger partial charge on any atom is 0.251 e. The molecule has 0 bridgehead atoms. The first-order valence-electron chi connectivity index (χ1n) is 7.15. The predicted octanol–water partition coefficient (Wildman–Crippen LogP) is 4.47. The first-order chi connectivity index (χ1) is 11.4. The van der Waals surface area contributed by atoms with Crippen molar-refractivity contribution < 1.29 is 9.59 Å². The van der Waals surface area contributed by atoms with Crippen LogP contribution in [-0.2, 0) is 4.79 Å². The molecule has 0 saturated heterocycles. The average Bonchev–Trinajstić information content (AvgIpc) is 2.58. The van der Waals surface area contributed by atoms with Crippen LogP contribution in [0.25, 0.3) is 0 Å². The monoisotopic (exact) mass is 382 g/mol. The summed E-state index contributed by atoms with van der Waals surface area (Å²) < 4.78 is 0. The topological polar surface area (TPSA) is 58.2 Å². The summed E-state index contributed by atoms with van der Waals surface area (Å²) in [6.45, 7) is 1.80. The Hall–Kier alpha value is -1.69. The first-order valence-corrected chi connectivity index (χ1v) is 8.79. The van der Waals surface area contributed by atoms with E-state index in [-0.39, 0.29) is 17.1 Å². The minimum absolute atomic E-state index is 0.203. The van der Waals surface area contributed by atoms with Crippen LogP contribution >= 0.6 is 35.0 Å². The fourth-order valence-corrected chi connectivity index (χ4v) is 3.07. The molecule has 4 nitrogen and oxygen atoms in total. The van der Waals surface area contributed by atoms with Gasteiger partial charge >= 0.3 is 0 Å². The van der Waals surface area contributed by atoms with Gasteiger partial charge in [-0.25, -0.2) is 0 Å². The zero-order chi connectivity index (χ0) is 17.7. The normalized spacial score (nSPS) is 11.7. The molecule has 0 radical (unpaired) electrons. The van der Waals surface area contributed by atoms with Gasteiger partial charge < -0.3 is 10.6 Å². The SMILES string of the molecule is CNC(=O)c1ccc(Cl)c(NC(=O)C(C)Sc2ccc(Cl)cc2)c1. The number of carbonyl (C=O) groups is 2. The third-order valence-corrected chi connectivity index (χ3v) is 4.90. The number of hydrogen-bond acceptors (Lipinski definition) is 3. The standard InChI is InChI=1S/C17H16Cl2N2O2S/c1-10(24-13-6-4-12(18)5-7-13)16(22)21-15-9-11(17(23)20-2)3-8-14(15)19/h3-10H,1-2H3,(H,20,23)(H,21,22). The molecule has 2 N–H and O–H groups in total. The zero-order valence-electron chi connectivity index (χ0n) is 13.1. The molecule has 1 unspecified atom stereocenters. The summed E-state index contributed by atoms with van der Waals surface area (Å²) in [5.41, 5.74) is 0.835. The molecule has 2 aromatic rings. The summed E-state index contributed by atoms with van der Waals surface area (Å²) in [6, 6.07) is 12.0. The quantitative estimate of drug-likeness (QED) is 0.749. The van der Waals surface area contributed by atoms with Crippen LogP contribution in [0.15, 0.2) is 47.4 Å². The van der Waals surface area contributed by atoms with E-state index in [1.807, 2.05) is 12.1 Å². The van der Waals surface area contributed by atoms with Crippen LogP contribution in [0, 0.1) is 0 Å². The van der Waals surface area contributed by atoms with Gasteiger partial charge in [-0.15, -0.1) is 11.8 Å². The molecule has 1 atom stereocenters. The van der Waals surface area contributed by atoms with E-state index in [1.54, 1.807) is 44.3 Å². The molecule has 0 heterocycles. The molecule has 126 valence electrons. The highest BCUT2D eigenvalue weighted by Crippen LogP contribution is 2.27. The molecular weight excluding hydrogens is 367 g/mol. The molecule has 0 saturated carbocycles. The third kappa shape index (κ3) is 4.90. The molecule has 7 heteroatoms. The molecule has 0 aliphatic rings. The van der Waals surface area contributed by atoms with E-state index >= 15 is 0 Å². The largest absolute Gasteiger partial charge is 0.355 e. The molecule has 0 aliphatic carbocycles. The summed E-state index contributed by atoms with van der Waals surface area (Å²) in [6.07, 6.45) is 0. The molecule has 2 rings (SSSR count). The first kappa shape index (κ1) is 18.6. The number of thioether (sulfide) groups is 1. The van der Waals surface area contributed by atoms with E-state index in [2.05, 4.69) is 10.6 Å². The van der Waals surface area contributed by atoms with Crippen molar-refractivity contribution in [1.29, 1.82) is 0 Å². The maximum absolute atomic E-state index is 12.4. The Bertz CT molecular complexity index is 751. The summed E-state index contributed by atoms with van der Waals surface area (Å²) in [4.78, 5) is 25.0. The minimum Gasteiger partial charge on any atom is -0.355 e. The van der Waals surface area contributed by atoms with Crippen LogP contribution in [0.1, 0.15) is 17.3 Å². The van der Waals surface area contributed by atoms with E-state index in [0.717, 1.165) is 4.90 Å². The summed E-state index contributed by atoms with van der Waals surface area (Å²) in [5, 5.41) is 5.98. The van der Waals surface area contributed by atoms with Crippen LogP contribution in [0.3, 0.4) is 0 Å². The van der Waals surface area contributed by atoms with Crippen LogP contribution in [-0.4, -0.2) is 24.1 Å². The summed E-state index contributed by atoms with van der Waals surface area (Å²) in [5.74, 6) is -0.448. The lowest BCUT2D eigenvalue weighted by Gasteiger charge is -2.14. The molecule has 0 aliphatic heterocycles.